The minimum absolute atomic E-state index is 0.111. The molecule has 0 bridgehead atoms. The third-order valence-electron chi connectivity index (χ3n) is 3.61. The third-order valence-corrected chi connectivity index (χ3v) is 3.61. The summed E-state index contributed by atoms with van der Waals surface area (Å²) >= 11 is 0. The molecule has 1 heterocycles. The Bertz CT molecular complexity index is 512. The lowest BCUT2D eigenvalue weighted by Crippen LogP contribution is -2.51. The minimum Gasteiger partial charge on any atom is -0.481 e. The number of hydrogen-bond acceptors (Lipinski definition) is 3. The molecule has 2 rings (SSSR count). The molecule has 0 spiro atoms. The lowest BCUT2D eigenvalue weighted by molar-refractivity contribution is -0.139. The molecule has 1 fully saturated rings. The molecule has 1 amide bonds. The predicted molar refractivity (Wildman–Crippen MR) is 75.1 cm³/mol. The number of carboxylic acid groups (broad SMARTS) is 1. The van der Waals surface area contributed by atoms with Gasteiger partial charge in [-0.15, -0.1) is 0 Å². The van der Waals surface area contributed by atoms with E-state index < -0.39 is 5.97 Å². The maximum Gasteiger partial charge on any atom is 0.303 e. The SMILES string of the molecule is CC(NC(=O)CN1CC(CC(=O)O)C1)c1ccc(F)cc1. The second-order valence-electron chi connectivity index (χ2n) is 5.50. The zero-order valence-electron chi connectivity index (χ0n) is 11.9. The Labute approximate surface area is 122 Å². The van der Waals surface area contributed by atoms with Crippen molar-refractivity contribution >= 4 is 11.9 Å². The molecule has 1 aromatic rings. The Balaban J connectivity index is 1.73. The first kappa shape index (κ1) is 15.4. The van der Waals surface area contributed by atoms with E-state index in [9.17, 15) is 14.0 Å². The van der Waals surface area contributed by atoms with Crippen LogP contribution in [0, 0.1) is 11.7 Å². The smallest absolute Gasteiger partial charge is 0.303 e. The van der Waals surface area contributed by atoms with Crippen molar-refractivity contribution in [2.45, 2.75) is 19.4 Å². The second kappa shape index (κ2) is 6.67. The summed E-state index contributed by atoms with van der Waals surface area (Å²) in [6.07, 6.45) is 0.157. The summed E-state index contributed by atoms with van der Waals surface area (Å²) < 4.78 is 12.8. The van der Waals surface area contributed by atoms with E-state index in [4.69, 9.17) is 5.11 Å². The summed E-state index contributed by atoms with van der Waals surface area (Å²) in [7, 11) is 0. The van der Waals surface area contributed by atoms with Crippen LogP contribution in [0.2, 0.25) is 0 Å². The van der Waals surface area contributed by atoms with Gasteiger partial charge < -0.3 is 10.4 Å². The molecule has 1 aliphatic rings. The van der Waals surface area contributed by atoms with Crippen molar-refractivity contribution in [2.75, 3.05) is 19.6 Å². The van der Waals surface area contributed by atoms with Crippen molar-refractivity contribution in [3.63, 3.8) is 0 Å². The molecule has 1 saturated heterocycles. The largest absolute Gasteiger partial charge is 0.481 e. The van der Waals surface area contributed by atoms with E-state index >= 15 is 0 Å². The van der Waals surface area contributed by atoms with Gasteiger partial charge in [0.15, 0.2) is 0 Å². The van der Waals surface area contributed by atoms with Crippen molar-refractivity contribution in [3.05, 3.63) is 35.6 Å². The van der Waals surface area contributed by atoms with Crippen LogP contribution in [-0.4, -0.2) is 41.5 Å². The normalized spacial score (nSPS) is 17.0. The number of nitrogens with one attached hydrogen (secondary N) is 1. The molecule has 5 nitrogen and oxygen atoms in total. The number of rotatable bonds is 6. The number of carbonyl (C=O) groups excluding carboxylic acids is 1. The summed E-state index contributed by atoms with van der Waals surface area (Å²) in [5, 5.41) is 11.5. The van der Waals surface area contributed by atoms with Gasteiger partial charge in [0, 0.05) is 13.1 Å². The number of carboxylic acids is 1. The summed E-state index contributed by atoms with van der Waals surface area (Å²) in [6.45, 7) is 3.39. The average Bonchev–Trinajstić information content (AvgIpc) is 2.36. The van der Waals surface area contributed by atoms with Crippen LogP contribution in [0.15, 0.2) is 24.3 Å². The highest BCUT2D eigenvalue weighted by atomic mass is 19.1. The van der Waals surface area contributed by atoms with Crippen LogP contribution in [0.5, 0.6) is 0 Å². The number of hydrogen-bond donors (Lipinski definition) is 2. The van der Waals surface area contributed by atoms with Crippen molar-refractivity contribution in [2.24, 2.45) is 5.92 Å². The van der Waals surface area contributed by atoms with Gasteiger partial charge in [-0.05, 0) is 30.5 Å². The predicted octanol–water partition coefficient (Wildman–Crippen LogP) is 1.41. The Morgan fingerprint density at radius 2 is 2.00 bits per heavy atom. The number of halogens is 1. The summed E-state index contributed by atoms with van der Waals surface area (Å²) in [6, 6.07) is 5.84. The number of carbonyl (C=O) groups is 2. The van der Waals surface area contributed by atoms with Crippen LogP contribution in [0.25, 0.3) is 0 Å². The van der Waals surface area contributed by atoms with Gasteiger partial charge in [-0.25, -0.2) is 4.39 Å². The Kier molecular flexibility index (Phi) is 4.90. The van der Waals surface area contributed by atoms with Gasteiger partial charge >= 0.3 is 5.97 Å². The molecule has 0 radical (unpaired) electrons. The number of nitrogens with zero attached hydrogens (tertiary/aromatic N) is 1. The van der Waals surface area contributed by atoms with E-state index in [1.807, 2.05) is 11.8 Å². The quantitative estimate of drug-likeness (QED) is 0.832. The van der Waals surface area contributed by atoms with Gasteiger partial charge in [0.05, 0.1) is 19.0 Å². The van der Waals surface area contributed by atoms with Crippen molar-refractivity contribution < 1.29 is 19.1 Å². The fourth-order valence-corrected chi connectivity index (χ4v) is 2.51. The molecule has 2 N–H and O–H groups in total. The fourth-order valence-electron chi connectivity index (χ4n) is 2.51. The maximum atomic E-state index is 12.8. The van der Waals surface area contributed by atoms with Gasteiger partial charge in [0.2, 0.25) is 5.91 Å². The molecule has 1 aromatic carbocycles. The van der Waals surface area contributed by atoms with Crippen molar-refractivity contribution in [1.29, 1.82) is 0 Å². The maximum absolute atomic E-state index is 12.8. The van der Waals surface area contributed by atoms with Crippen LogP contribution in [0.1, 0.15) is 24.9 Å². The molecule has 1 atom stereocenters. The van der Waals surface area contributed by atoms with Gasteiger partial charge in [-0.1, -0.05) is 12.1 Å². The first-order valence-electron chi connectivity index (χ1n) is 6.93. The van der Waals surface area contributed by atoms with Crippen molar-refractivity contribution in [3.8, 4) is 0 Å². The number of amides is 1. The molecular formula is C15H19FN2O3. The third kappa shape index (κ3) is 4.53. The van der Waals surface area contributed by atoms with Gasteiger partial charge in [-0.3, -0.25) is 14.5 Å². The van der Waals surface area contributed by atoms with Gasteiger partial charge in [0.1, 0.15) is 5.82 Å². The number of likely N-dealkylation sites (tertiary alicyclic amines) is 1. The first-order chi connectivity index (χ1) is 9.94. The van der Waals surface area contributed by atoms with Crippen LogP contribution >= 0.6 is 0 Å². The Hall–Kier alpha value is -1.95. The second-order valence-corrected chi connectivity index (χ2v) is 5.50. The highest BCUT2D eigenvalue weighted by molar-refractivity contribution is 5.78. The lowest BCUT2D eigenvalue weighted by Gasteiger charge is -2.38. The molecule has 1 unspecified atom stereocenters. The van der Waals surface area contributed by atoms with E-state index in [1.165, 1.54) is 12.1 Å². The fraction of sp³-hybridized carbons (Fsp3) is 0.467. The molecule has 114 valence electrons. The van der Waals surface area contributed by atoms with E-state index in [0.717, 1.165) is 5.56 Å². The molecule has 0 saturated carbocycles. The number of aliphatic carboxylic acids is 1. The molecule has 0 aliphatic carbocycles. The number of benzene rings is 1. The summed E-state index contributed by atoms with van der Waals surface area (Å²) in [5.74, 6) is -1.07. The molecule has 6 heteroatoms. The highest BCUT2D eigenvalue weighted by Crippen LogP contribution is 2.18. The molecule has 21 heavy (non-hydrogen) atoms. The van der Waals surface area contributed by atoms with Crippen LogP contribution in [-0.2, 0) is 9.59 Å². The van der Waals surface area contributed by atoms with Gasteiger partial charge in [0.25, 0.3) is 0 Å². The summed E-state index contributed by atoms with van der Waals surface area (Å²) in [5.41, 5.74) is 0.845. The van der Waals surface area contributed by atoms with Crippen LogP contribution in [0.4, 0.5) is 4.39 Å². The standard InChI is InChI=1S/C15H19FN2O3/c1-10(12-2-4-13(16)5-3-12)17-14(19)9-18-7-11(8-18)6-15(20)21/h2-5,10-11H,6-9H2,1H3,(H,17,19)(H,20,21). The van der Waals surface area contributed by atoms with E-state index in [0.29, 0.717) is 13.1 Å². The zero-order valence-corrected chi connectivity index (χ0v) is 11.9. The van der Waals surface area contributed by atoms with Gasteiger partial charge in [-0.2, -0.15) is 0 Å². The van der Waals surface area contributed by atoms with E-state index in [1.54, 1.807) is 12.1 Å². The Morgan fingerprint density at radius 3 is 2.57 bits per heavy atom. The summed E-state index contributed by atoms with van der Waals surface area (Å²) in [4.78, 5) is 24.3. The minimum atomic E-state index is -0.797. The van der Waals surface area contributed by atoms with E-state index in [-0.39, 0.29) is 36.6 Å². The molecular weight excluding hydrogens is 275 g/mol. The zero-order chi connectivity index (χ0) is 15.4. The van der Waals surface area contributed by atoms with E-state index in [2.05, 4.69) is 5.32 Å². The highest BCUT2D eigenvalue weighted by Gasteiger charge is 2.29. The van der Waals surface area contributed by atoms with Crippen LogP contribution in [0.3, 0.4) is 0 Å². The van der Waals surface area contributed by atoms with Crippen LogP contribution < -0.4 is 5.32 Å². The monoisotopic (exact) mass is 294 g/mol. The molecule has 1 aliphatic heterocycles. The Morgan fingerprint density at radius 1 is 1.38 bits per heavy atom. The first-order valence-corrected chi connectivity index (χ1v) is 6.93. The molecule has 0 aromatic heterocycles. The topological polar surface area (TPSA) is 69.6 Å². The van der Waals surface area contributed by atoms with Crippen molar-refractivity contribution in [1.82, 2.24) is 10.2 Å². The lowest BCUT2D eigenvalue weighted by atomic mass is 9.96. The average molecular weight is 294 g/mol.